The molecular formula is C52H88N12O14. The van der Waals surface area contributed by atoms with Crippen LogP contribution in [0.4, 0.5) is 9.59 Å². The summed E-state index contributed by atoms with van der Waals surface area (Å²) in [5.41, 5.74) is -1.97. The Bertz CT molecular complexity index is 2080. The third kappa shape index (κ3) is 18.7. The van der Waals surface area contributed by atoms with E-state index in [2.05, 4.69) is 21.3 Å². The molecule has 0 aromatic heterocycles. The summed E-state index contributed by atoms with van der Waals surface area (Å²) in [5, 5.41) is 10.3. The van der Waals surface area contributed by atoms with Gasteiger partial charge in [0.1, 0.15) is 47.5 Å². The Labute approximate surface area is 459 Å². The lowest BCUT2D eigenvalue weighted by atomic mass is 9.99. The van der Waals surface area contributed by atoms with Gasteiger partial charge < -0.3 is 69.9 Å². The van der Waals surface area contributed by atoms with E-state index < -0.39 is 170 Å². The van der Waals surface area contributed by atoms with Crippen LogP contribution in [0.15, 0.2) is 0 Å². The van der Waals surface area contributed by atoms with Gasteiger partial charge in [0.15, 0.2) is 0 Å². The van der Waals surface area contributed by atoms with E-state index in [1.807, 2.05) is 0 Å². The van der Waals surface area contributed by atoms with Crippen molar-refractivity contribution in [1.82, 2.24) is 60.5 Å². The number of fused-ring (bicyclic) bond motifs is 2. The van der Waals surface area contributed by atoms with Crippen molar-refractivity contribution in [2.45, 2.75) is 155 Å². The van der Waals surface area contributed by atoms with E-state index in [-0.39, 0.29) is 25.9 Å². The molecule has 0 spiro atoms. The fourth-order valence-corrected chi connectivity index (χ4v) is 9.53. The molecule has 0 radical (unpaired) electrons. The Morgan fingerprint density at radius 2 is 0.808 bits per heavy atom. The van der Waals surface area contributed by atoms with Crippen LogP contribution in [0, 0.1) is 11.8 Å². The Kier molecular flexibility index (Phi) is 23.7. The molecule has 0 saturated carbocycles. The maximum absolute atomic E-state index is 14.6. The first kappa shape index (κ1) is 65.5. The quantitative estimate of drug-likeness (QED) is 0.278. The van der Waals surface area contributed by atoms with Gasteiger partial charge in [-0.05, 0) is 91.9 Å². The predicted octanol–water partition coefficient (Wildman–Crippen LogP) is -0.419. The summed E-state index contributed by atoms with van der Waals surface area (Å²) in [7, 11) is 8.23. The summed E-state index contributed by atoms with van der Waals surface area (Å²) in [5.74, 6) is -7.75. The Morgan fingerprint density at radius 3 is 1.10 bits per heavy atom. The summed E-state index contributed by atoms with van der Waals surface area (Å²) in [4.78, 5) is 177. The summed E-state index contributed by atoms with van der Waals surface area (Å²) in [6, 6.07) is -7.43. The van der Waals surface area contributed by atoms with Crippen LogP contribution in [0.25, 0.3) is 0 Å². The molecule has 3 aliphatic heterocycles. The molecule has 78 heavy (non-hydrogen) atoms. The summed E-state index contributed by atoms with van der Waals surface area (Å²) in [6.07, 6.45) is 0.470. The van der Waals surface area contributed by atoms with E-state index in [1.54, 1.807) is 69.2 Å². The van der Waals surface area contributed by atoms with E-state index in [0.29, 0.717) is 25.7 Å². The zero-order chi connectivity index (χ0) is 59.3. The maximum atomic E-state index is 14.6. The number of alkyl carbamates (subject to hydrolysis) is 2. The van der Waals surface area contributed by atoms with E-state index in [1.165, 1.54) is 71.7 Å². The van der Waals surface area contributed by atoms with Crippen molar-refractivity contribution in [3.63, 3.8) is 0 Å². The van der Waals surface area contributed by atoms with Crippen LogP contribution >= 0.6 is 0 Å². The number of carbonyl (C=O) groups is 12. The van der Waals surface area contributed by atoms with Crippen LogP contribution < -0.4 is 21.3 Å². The fourth-order valence-electron chi connectivity index (χ4n) is 9.53. The number of hydrogen-bond acceptors (Lipinski definition) is 14. The average Bonchev–Trinajstić information content (AvgIpc) is 3.34. The normalized spacial score (nSPS) is 25.1. The second-order valence-electron chi connectivity index (χ2n) is 23.2. The largest absolute Gasteiger partial charge is 0.444 e. The molecule has 4 N–H and O–H groups in total. The topological polar surface area (TPSA) is 297 Å². The highest BCUT2D eigenvalue weighted by atomic mass is 16.6. The van der Waals surface area contributed by atoms with Gasteiger partial charge in [-0.1, -0.05) is 27.7 Å². The SMILES string of the molecule is CC(C)[C@H]1C(=O)N(C)C[C@@H](NC(=O)OC(C)(C)C)C(=O)N2CCCC[C@H]2C(=O)NCC(=O)N(C)CC(=O)N(C)[C@@H](C(C)C)C(=O)N(C)C[C@@H](NC(=O)OC(C)(C)C)C(=O)N2CCCC[C@H]2C(=O)NCC(=O)N(C)CC(=O)N1C. The van der Waals surface area contributed by atoms with Gasteiger partial charge in [0.2, 0.25) is 59.1 Å². The number of ether oxygens (including phenoxy) is 2. The van der Waals surface area contributed by atoms with Gasteiger partial charge in [0.05, 0.1) is 26.2 Å². The molecular weight excluding hydrogens is 1020 g/mol. The summed E-state index contributed by atoms with van der Waals surface area (Å²) < 4.78 is 11.0. The van der Waals surface area contributed by atoms with Crippen molar-refractivity contribution >= 4 is 71.3 Å². The second-order valence-corrected chi connectivity index (χ2v) is 23.2. The van der Waals surface area contributed by atoms with Crippen LogP contribution in [0.3, 0.4) is 0 Å². The molecule has 440 valence electrons. The van der Waals surface area contributed by atoms with Crippen LogP contribution in [0.5, 0.6) is 0 Å². The van der Waals surface area contributed by atoms with Gasteiger partial charge in [-0.3, -0.25) is 47.9 Å². The number of hydrogen-bond donors (Lipinski definition) is 4. The van der Waals surface area contributed by atoms with Gasteiger partial charge in [-0.25, -0.2) is 9.59 Å². The lowest BCUT2D eigenvalue weighted by Crippen LogP contribution is -2.62. The van der Waals surface area contributed by atoms with Crippen molar-refractivity contribution < 1.29 is 67.0 Å². The van der Waals surface area contributed by atoms with Crippen molar-refractivity contribution in [2.24, 2.45) is 11.8 Å². The molecule has 0 aromatic carbocycles. The average molecular weight is 1110 g/mol. The van der Waals surface area contributed by atoms with Crippen molar-refractivity contribution in [2.75, 3.05) is 94.6 Å². The predicted molar refractivity (Wildman–Crippen MR) is 284 cm³/mol. The number of amides is 12. The van der Waals surface area contributed by atoms with Crippen LogP contribution in [0.2, 0.25) is 0 Å². The second kappa shape index (κ2) is 28.2. The lowest BCUT2D eigenvalue weighted by molar-refractivity contribution is -0.149. The van der Waals surface area contributed by atoms with Gasteiger partial charge >= 0.3 is 12.2 Å². The number of piperidine rings is 2. The molecule has 3 rings (SSSR count). The molecule has 26 heteroatoms. The van der Waals surface area contributed by atoms with Crippen LogP contribution in [-0.4, -0.2) is 253 Å². The molecule has 12 amide bonds. The van der Waals surface area contributed by atoms with Crippen LogP contribution in [-0.2, 0) is 57.4 Å². The van der Waals surface area contributed by atoms with Crippen LogP contribution in [0.1, 0.15) is 108 Å². The molecule has 3 aliphatic rings. The smallest absolute Gasteiger partial charge is 0.408 e. The van der Waals surface area contributed by atoms with E-state index >= 15 is 0 Å². The molecule has 3 heterocycles. The first-order chi connectivity index (χ1) is 36.1. The highest BCUT2D eigenvalue weighted by Gasteiger charge is 2.42. The number of carbonyl (C=O) groups excluding carboxylic acids is 12. The minimum absolute atomic E-state index is 0.0821. The molecule has 3 saturated heterocycles. The molecule has 0 aliphatic carbocycles. The monoisotopic (exact) mass is 1100 g/mol. The molecule has 3 fully saturated rings. The molecule has 0 aromatic rings. The highest BCUT2D eigenvalue weighted by molar-refractivity contribution is 5.97. The zero-order valence-corrected chi connectivity index (χ0v) is 48.8. The van der Waals surface area contributed by atoms with Crippen molar-refractivity contribution in [3.05, 3.63) is 0 Å². The maximum Gasteiger partial charge on any atom is 0.408 e. The number of nitrogens with one attached hydrogen (secondary N) is 4. The summed E-state index contributed by atoms with van der Waals surface area (Å²) in [6.45, 7) is 13.7. The van der Waals surface area contributed by atoms with Gasteiger partial charge in [0.25, 0.3) is 0 Å². The Balaban J connectivity index is 2.09. The standard InChI is InChI=1S/C52H88N12O14/c1-31(2)41-47(73)59(13)27-33(55-49(75)77-51(5,6)7)45(71)63-23-19-17-21-35(63)43(69)54-26-38(66)58(12)30-40(68)62(16)42(32(3)4)48(74)60(14)28-34(56-50(76)78-52(8,9)10)46(72)64-24-20-18-22-36(64)44(70)53-25-37(65)57(11)29-39(67)61(41)15/h31-36,41-42H,17-30H2,1-16H3,(H,53,70)(H,54,69)(H,55,75)(H,56,76)/t33-,34-,35+,36+,41+,42+/m1/s1. The fraction of sp³-hybridized carbons (Fsp3) is 0.769. The minimum atomic E-state index is -1.46. The zero-order valence-electron chi connectivity index (χ0n) is 48.8. The third-order valence-electron chi connectivity index (χ3n) is 13.6. The van der Waals surface area contributed by atoms with E-state index in [4.69, 9.17) is 9.47 Å². The minimum Gasteiger partial charge on any atom is -0.444 e. The van der Waals surface area contributed by atoms with Crippen molar-refractivity contribution in [1.29, 1.82) is 0 Å². The highest BCUT2D eigenvalue weighted by Crippen LogP contribution is 2.23. The van der Waals surface area contributed by atoms with E-state index in [9.17, 15) is 57.5 Å². The number of likely N-dealkylation sites (N-methyl/N-ethyl adjacent to an activating group) is 6. The van der Waals surface area contributed by atoms with Gasteiger partial charge in [-0.2, -0.15) is 0 Å². The summed E-state index contributed by atoms with van der Waals surface area (Å²) >= 11 is 0. The van der Waals surface area contributed by atoms with Crippen molar-refractivity contribution in [3.8, 4) is 0 Å². The Hall–Kier alpha value is -6.76. The lowest BCUT2D eigenvalue weighted by Gasteiger charge is -2.39. The third-order valence-corrected chi connectivity index (χ3v) is 13.6. The molecule has 26 nitrogen and oxygen atoms in total. The van der Waals surface area contributed by atoms with Gasteiger partial charge in [-0.15, -0.1) is 0 Å². The number of rotatable bonds is 4. The first-order valence-corrected chi connectivity index (χ1v) is 26.7. The molecule has 0 bridgehead atoms. The first-order valence-electron chi connectivity index (χ1n) is 26.7. The van der Waals surface area contributed by atoms with E-state index in [0.717, 1.165) is 9.80 Å². The Morgan fingerprint density at radius 1 is 0.487 bits per heavy atom. The molecule has 0 unspecified atom stereocenters. The number of nitrogens with zero attached hydrogens (tertiary/aromatic N) is 8. The van der Waals surface area contributed by atoms with Gasteiger partial charge in [0, 0.05) is 68.5 Å². The molecule has 6 atom stereocenters.